The van der Waals surface area contributed by atoms with E-state index in [2.05, 4.69) is 30.1 Å². The largest absolute Gasteiger partial charge is 0.378 e. The number of nitrogens with zero attached hydrogens (tertiary/aromatic N) is 9. The number of hydrogen-bond acceptors (Lipinski definition) is 12. The second kappa shape index (κ2) is 20.9. The van der Waals surface area contributed by atoms with Gasteiger partial charge in [-0.05, 0) is 55.3 Å². The highest BCUT2D eigenvalue weighted by atomic mass is 35.5. The van der Waals surface area contributed by atoms with Gasteiger partial charge in [-0.15, -0.1) is 0 Å². The van der Waals surface area contributed by atoms with E-state index in [1.807, 2.05) is 30.2 Å². The molecule has 1 N–H and O–H groups in total. The molecule has 0 radical (unpaired) electrons. The third kappa shape index (κ3) is 10.8. The highest BCUT2D eigenvalue weighted by molar-refractivity contribution is 6.36. The Kier molecular flexibility index (Phi) is 14.4. The lowest BCUT2D eigenvalue weighted by molar-refractivity contribution is -0.0227. The van der Waals surface area contributed by atoms with Crippen LogP contribution in [-0.2, 0) is 9.47 Å². The Morgan fingerprint density at radius 3 is 1.51 bits per heavy atom. The molecule has 5 aromatic heterocycles. The van der Waals surface area contributed by atoms with Crippen LogP contribution < -0.4 is 24.9 Å². The molecular weight excluding hydrogens is 996 g/mol. The van der Waals surface area contributed by atoms with E-state index in [-0.39, 0.29) is 78.7 Å². The van der Waals surface area contributed by atoms with Gasteiger partial charge in [0.2, 0.25) is 0 Å². The number of rotatable bonds is 8. The van der Waals surface area contributed by atoms with Crippen molar-refractivity contribution in [2.24, 2.45) is 0 Å². The zero-order valence-corrected chi connectivity index (χ0v) is 41.2. The lowest BCUT2D eigenvalue weighted by Gasteiger charge is -2.32. The summed E-state index contributed by atoms with van der Waals surface area (Å²) < 4.78 is 123. The van der Waals surface area contributed by atoms with Gasteiger partial charge in [0.05, 0.1) is 87.9 Å². The van der Waals surface area contributed by atoms with Crippen molar-refractivity contribution in [3.05, 3.63) is 113 Å². The number of alkyl halides is 4. The molecule has 0 spiro atoms. The van der Waals surface area contributed by atoms with E-state index in [9.17, 15) is 30.7 Å². The Bertz CT molecular complexity index is 3180. The SMILES string of the molecule is Cc1c(-c2ccc(N3CCC(F)(F)CC3)nc2)nc2cc(F)cc(F)c2c1Cl.Cc1c(-c2ccc(N3CCC(F)(F)CC3)nc2)nc2cc(F)cc(F)c2c1Nc1cc(N2CCOCC2)cnc1N1CCOCC1. The van der Waals surface area contributed by atoms with Crippen molar-refractivity contribution in [1.29, 1.82) is 0 Å². The number of nitrogens with one attached hydrogen (secondary N) is 1. The second-order valence-corrected chi connectivity index (χ2v) is 19.2. The van der Waals surface area contributed by atoms with E-state index in [1.54, 1.807) is 42.4 Å². The average Bonchev–Trinajstić information content (AvgIpc) is 3.39. The smallest absolute Gasteiger partial charge is 0.251 e. The van der Waals surface area contributed by atoms with E-state index >= 15 is 4.39 Å². The summed E-state index contributed by atoms with van der Waals surface area (Å²) in [7, 11) is 0. The molecule has 0 atom stereocenters. The summed E-state index contributed by atoms with van der Waals surface area (Å²) in [6.07, 6.45) is 4.20. The summed E-state index contributed by atoms with van der Waals surface area (Å²) in [4.78, 5) is 30.8. The van der Waals surface area contributed by atoms with Crippen LogP contribution in [0.4, 0.5) is 69.6 Å². The summed E-state index contributed by atoms with van der Waals surface area (Å²) in [5.41, 5.74) is 5.67. The van der Waals surface area contributed by atoms with Crippen LogP contribution in [0, 0.1) is 37.1 Å². The van der Waals surface area contributed by atoms with Crippen LogP contribution in [0.5, 0.6) is 0 Å². The Morgan fingerprint density at radius 1 is 0.541 bits per heavy atom. The fourth-order valence-corrected chi connectivity index (χ4v) is 10.0. The molecule has 0 saturated carbocycles. The first-order valence-electron chi connectivity index (χ1n) is 24.4. The van der Waals surface area contributed by atoms with Gasteiger partial charge in [-0.1, -0.05) is 11.6 Å². The minimum atomic E-state index is -2.66. The predicted molar refractivity (Wildman–Crippen MR) is 271 cm³/mol. The predicted octanol–water partition coefficient (Wildman–Crippen LogP) is 11.7. The number of ether oxygens (including phenoxy) is 2. The average molecular weight is 1050 g/mol. The highest BCUT2D eigenvalue weighted by Crippen LogP contribution is 2.41. The number of fused-ring (bicyclic) bond motifs is 2. The molecule has 4 saturated heterocycles. The Hall–Kier alpha value is -6.64. The second-order valence-electron chi connectivity index (χ2n) is 18.8. The Balaban J connectivity index is 0.000000191. The summed E-state index contributed by atoms with van der Waals surface area (Å²) in [5.74, 6) is -6.36. The molecule has 74 heavy (non-hydrogen) atoms. The van der Waals surface area contributed by atoms with Gasteiger partial charge in [0.15, 0.2) is 5.82 Å². The van der Waals surface area contributed by atoms with Crippen molar-refractivity contribution in [2.75, 3.05) is 104 Å². The van der Waals surface area contributed by atoms with Crippen LogP contribution in [0.15, 0.2) is 73.2 Å². The van der Waals surface area contributed by atoms with Crippen LogP contribution in [-0.4, -0.2) is 116 Å². The molecular formula is C53H51ClF8N10O2. The fourth-order valence-electron chi connectivity index (χ4n) is 9.73. The molecule has 2 aromatic carbocycles. The monoisotopic (exact) mass is 1050 g/mol. The molecule has 0 unspecified atom stereocenters. The lowest BCUT2D eigenvalue weighted by atomic mass is 10.0. The van der Waals surface area contributed by atoms with Crippen molar-refractivity contribution in [3.63, 3.8) is 0 Å². The molecule has 4 aliphatic rings. The van der Waals surface area contributed by atoms with Gasteiger partial charge in [0, 0.05) is 126 Å². The number of piperidine rings is 2. The highest BCUT2D eigenvalue weighted by Gasteiger charge is 2.36. The van der Waals surface area contributed by atoms with Gasteiger partial charge in [-0.3, -0.25) is 0 Å². The number of morpholine rings is 2. The van der Waals surface area contributed by atoms with Crippen LogP contribution in [0.25, 0.3) is 44.3 Å². The topological polar surface area (TPSA) is 108 Å². The van der Waals surface area contributed by atoms with Gasteiger partial charge in [-0.2, -0.15) is 0 Å². The Labute approximate surface area is 426 Å². The standard InChI is InChI=1S/C33H35F4N7O2.C20H16ClF4N3/c1-21-30(22-2-3-28(38-19-22)43-6-4-33(36,37)5-7-43)40-26-17-23(34)16-25(35)29(26)31(21)41-27-18-24(42-8-12-45-13-9-42)20-39-32(27)44-10-14-46-15-11-44;1-11-18(21)17-14(23)8-13(22)9-15(17)27-19(11)12-2-3-16(26-10-12)28-6-4-20(24,25)5-7-28/h2-3,16-20H,4-15H2,1H3,(H,40,41);2-3,8-10H,4-7H2,1H3. The van der Waals surface area contributed by atoms with Crippen LogP contribution in [0.2, 0.25) is 5.02 Å². The maximum absolute atomic E-state index is 15.6. The molecule has 0 aliphatic carbocycles. The van der Waals surface area contributed by atoms with E-state index in [0.717, 1.165) is 37.0 Å². The first kappa shape index (κ1) is 50.9. The third-order valence-electron chi connectivity index (χ3n) is 13.9. The summed E-state index contributed by atoms with van der Waals surface area (Å²) >= 11 is 6.32. The summed E-state index contributed by atoms with van der Waals surface area (Å²) in [5, 5.41) is 3.89. The number of hydrogen-bond donors (Lipinski definition) is 1. The lowest BCUT2D eigenvalue weighted by Crippen LogP contribution is -2.39. The minimum absolute atomic E-state index is 0.0724. The van der Waals surface area contributed by atoms with Crippen LogP contribution in [0.3, 0.4) is 0 Å². The number of benzene rings is 2. The first-order chi connectivity index (χ1) is 35.5. The zero-order chi connectivity index (χ0) is 51.9. The molecule has 21 heteroatoms. The van der Waals surface area contributed by atoms with Crippen LogP contribution >= 0.6 is 11.6 Å². The molecule has 0 amide bonds. The normalized spacial score (nSPS) is 17.9. The third-order valence-corrected chi connectivity index (χ3v) is 14.4. The van der Waals surface area contributed by atoms with E-state index in [4.69, 9.17) is 31.0 Å². The fraction of sp³-hybridized carbons (Fsp3) is 0.377. The zero-order valence-electron chi connectivity index (χ0n) is 40.5. The summed E-state index contributed by atoms with van der Waals surface area (Å²) in [6.45, 7) is 9.49. The van der Waals surface area contributed by atoms with Crippen LogP contribution in [0.1, 0.15) is 36.8 Å². The quantitative estimate of drug-likeness (QED) is 0.146. The molecule has 7 aromatic rings. The van der Waals surface area contributed by atoms with E-state index in [1.165, 1.54) is 6.07 Å². The molecule has 388 valence electrons. The molecule has 11 rings (SSSR count). The Morgan fingerprint density at radius 2 is 1.01 bits per heavy atom. The molecule has 12 nitrogen and oxygen atoms in total. The number of halogens is 9. The molecule has 4 aliphatic heterocycles. The number of pyridine rings is 5. The van der Waals surface area contributed by atoms with Crippen molar-refractivity contribution < 1.29 is 44.6 Å². The van der Waals surface area contributed by atoms with Gasteiger partial charge in [-0.25, -0.2) is 60.0 Å². The number of anilines is 6. The van der Waals surface area contributed by atoms with Crippen molar-refractivity contribution in [3.8, 4) is 22.5 Å². The summed E-state index contributed by atoms with van der Waals surface area (Å²) in [6, 6.07) is 13.0. The first-order valence-corrected chi connectivity index (χ1v) is 24.7. The van der Waals surface area contributed by atoms with Gasteiger partial charge in [0.25, 0.3) is 11.8 Å². The van der Waals surface area contributed by atoms with Gasteiger partial charge in [0.1, 0.15) is 34.9 Å². The molecule has 9 heterocycles. The molecule has 4 fully saturated rings. The van der Waals surface area contributed by atoms with Crippen molar-refractivity contribution in [1.82, 2.24) is 24.9 Å². The minimum Gasteiger partial charge on any atom is -0.378 e. The maximum Gasteiger partial charge on any atom is 0.251 e. The number of aromatic nitrogens is 5. The van der Waals surface area contributed by atoms with E-state index < -0.39 is 35.1 Å². The van der Waals surface area contributed by atoms with Crippen molar-refractivity contribution in [2.45, 2.75) is 51.4 Å². The van der Waals surface area contributed by atoms with Crippen molar-refractivity contribution >= 4 is 67.9 Å². The van der Waals surface area contributed by atoms with Gasteiger partial charge < -0.3 is 34.4 Å². The maximum atomic E-state index is 15.6. The van der Waals surface area contributed by atoms with E-state index in [0.29, 0.717) is 102 Å². The molecule has 0 bridgehead atoms. The van der Waals surface area contributed by atoms with Gasteiger partial charge >= 0.3 is 0 Å².